The fourth-order valence-corrected chi connectivity index (χ4v) is 4.85. The van der Waals surface area contributed by atoms with E-state index in [1.165, 1.54) is 96.3 Å². The fourth-order valence-electron chi connectivity index (χ4n) is 4.43. The summed E-state index contributed by atoms with van der Waals surface area (Å²) in [6.07, 6.45) is 25.5. The van der Waals surface area contributed by atoms with Gasteiger partial charge in [0.15, 0.2) is 5.78 Å². The first-order chi connectivity index (χ1) is 17.7. The third-order valence-corrected chi connectivity index (χ3v) is 7.17. The fraction of sp³-hybridized carbons (Fsp3) is 0.545. The van der Waals surface area contributed by atoms with E-state index >= 15 is 0 Å². The van der Waals surface area contributed by atoms with E-state index in [0.717, 1.165) is 28.8 Å². The number of hydrogen-bond acceptors (Lipinski definition) is 2. The van der Waals surface area contributed by atoms with E-state index in [9.17, 15) is 4.79 Å². The second kappa shape index (κ2) is 20.2. The number of unbranched alkanes of at least 4 members (excludes halogenated alkanes) is 15. The molecule has 0 radical (unpaired) electrons. The first-order valence-electron chi connectivity index (χ1n) is 14.4. The highest BCUT2D eigenvalue weighted by Crippen LogP contribution is 2.17. The molecule has 0 N–H and O–H groups in total. The Kier molecular flexibility index (Phi) is 17.0. The number of carbonyl (C=O) groups is 1. The molecule has 36 heavy (non-hydrogen) atoms. The van der Waals surface area contributed by atoms with Crippen molar-refractivity contribution in [1.29, 1.82) is 0 Å². The third-order valence-electron chi connectivity index (χ3n) is 6.68. The van der Waals surface area contributed by atoms with Gasteiger partial charge in [0.1, 0.15) is 5.75 Å². The molecule has 0 atom stereocenters. The van der Waals surface area contributed by atoms with Crippen LogP contribution in [0.5, 0.6) is 5.75 Å². The lowest BCUT2D eigenvalue weighted by Crippen LogP contribution is -1.99. The van der Waals surface area contributed by atoms with Crippen molar-refractivity contribution in [3.63, 3.8) is 0 Å². The Labute approximate surface area is 229 Å². The first-order valence-corrected chi connectivity index (χ1v) is 15.2. The van der Waals surface area contributed by atoms with Gasteiger partial charge in [0.05, 0.1) is 6.61 Å². The van der Waals surface area contributed by atoms with Crippen LogP contribution >= 0.6 is 15.9 Å². The molecule has 0 heterocycles. The van der Waals surface area contributed by atoms with Crippen molar-refractivity contribution in [2.75, 3.05) is 6.61 Å². The molecule has 0 bridgehead atoms. The average Bonchev–Trinajstić information content (AvgIpc) is 2.89. The molecule has 2 nitrogen and oxygen atoms in total. The summed E-state index contributed by atoms with van der Waals surface area (Å²) in [5.41, 5.74) is 1.67. The molecule has 3 heteroatoms. The summed E-state index contributed by atoms with van der Waals surface area (Å²) in [5, 5.41) is 0. The van der Waals surface area contributed by atoms with Crippen LogP contribution in [0.4, 0.5) is 0 Å². The zero-order valence-electron chi connectivity index (χ0n) is 22.5. The molecule has 0 saturated carbocycles. The predicted octanol–water partition coefficient (Wildman–Crippen LogP) is 11.0. The van der Waals surface area contributed by atoms with Crippen molar-refractivity contribution in [3.8, 4) is 5.75 Å². The van der Waals surface area contributed by atoms with Gasteiger partial charge in [0, 0.05) is 10.0 Å². The maximum absolute atomic E-state index is 12.4. The van der Waals surface area contributed by atoms with Crippen LogP contribution < -0.4 is 4.74 Å². The Morgan fingerprint density at radius 2 is 1.25 bits per heavy atom. The second-order valence-electron chi connectivity index (χ2n) is 9.93. The quantitative estimate of drug-likeness (QED) is 0.0870. The highest BCUT2D eigenvalue weighted by Gasteiger charge is 2.03. The standard InChI is InChI=1S/C33H47BrO2/c1-2-3-4-5-6-7-8-9-10-11-12-13-14-15-16-17-27-36-32-24-22-30(23-25-32)33(35)26-21-29-19-18-20-31(34)28-29/h18-26,28H,2-17,27H2,1H3. The summed E-state index contributed by atoms with van der Waals surface area (Å²) in [6.45, 7) is 3.03. The molecule has 0 amide bonds. The minimum atomic E-state index is -0.000620. The van der Waals surface area contributed by atoms with E-state index in [1.54, 1.807) is 6.08 Å². The van der Waals surface area contributed by atoms with Gasteiger partial charge in [-0.1, -0.05) is 137 Å². The minimum Gasteiger partial charge on any atom is -0.494 e. The SMILES string of the molecule is CCCCCCCCCCCCCCCCCCOc1ccc(C(=O)C=Cc2cccc(Br)c2)cc1. The van der Waals surface area contributed by atoms with Gasteiger partial charge in [-0.3, -0.25) is 4.79 Å². The van der Waals surface area contributed by atoms with Crippen LogP contribution in [-0.2, 0) is 0 Å². The Morgan fingerprint density at radius 3 is 1.78 bits per heavy atom. The van der Waals surface area contributed by atoms with Gasteiger partial charge in [0.2, 0.25) is 0 Å². The van der Waals surface area contributed by atoms with Gasteiger partial charge < -0.3 is 4.74 Å². The van der Waals surface area contributed by atoms with Crippen molar-refractivity contribution in [1.82, 2.24) is 0 Å². The Balaban J connectivity index is 1.43. The van der Waals surface area contributed by atoms with Crippen molar-refractivity contribution >= 4 is 27.8 Å². The number of allylic oxidation sites excluding steroid dienone is 1. The van der Waals surface area contributed by atoms with Crippen LogP contribution in [0, 0.1) is 0 Å². The maximum Gasteiger partial charge on any atom is 0.185 e. The molecule has 0 spiro atoms. The van der Waals surface area contributed by atoms with Gasteiger partial charge in [-0.25, -0.2) is 0 Å². The predicted molar refractivity (Wildman–Crippen MR) is 159 cm³/mol. The molecular formula is C33H47BrO2. The van der Waals surface area contributed by atoms with Gasteiger partial charge in [0.25, 0.3) is 0 Å². The molecular weight excluding hydrogens is 508 g/mol. The van der Waals surface area contributed by atoms with Crippen LogP contribution in [-0.4, -0.2) is 12.4 Å². The third kappa shape index (κ3) is 14.6. The summed E-state index contributed by atoms with van der Waals surface area (Å²) >= 11 is 3.45. The number of hydrogen-bond donors (Lipinski definition) is 0. The van der Waals surface area contributed by atoms with E-state index in [0.29, 0.717) is 5.56 Å². The van der Waals surface area contributed by atoms with Crippen LogP contribution in [0.3, 0.4) is 0 Å². The summed E-state index contributed by atoms with van der Waals surface area (Å²) < 4.78 is 6.87. The zero-order valence-corrected chi connectivity index (χ0v) is 24.1. The Morgan fingerprint density at radius 1 is 0.722 bits per heavy atom. The van der Waals surface area contributed by atoms with Gasteiger partial charge in [-0.15, -0.1) is 0 Å². The Bertz CT molecular complexity index is 856. The molecule has 2 aromatic rings. The maximum atomic E-state index is 12.4. The van der Waals surface area contributed by atoms with E-state index in [4.69, 9.17) is 4.74 Å². The van der Waals surface area contributed by atoms with Crippen molar-refractivity contribution in [3.05, 3.63) is 70.2 Å². The number of ether oxygens (including phenoxy) is 1. The lowest BCUT2D eigenvalue weighted by Gasteiger charge is -2.07. The lowest BCUT2D eigenvalue weighted by molar-refractivity contribution is 0.104. The van der Waals surface area contributed by atoms with Crippen LogP contribution in [0.25, 0.3) is 6.08 Å². The summed E-state index contributed by atoms with van der Waals surface area (Å²) in [5.74, 6) is 0.836. The van der Waals surface area contributed by atoms with Crippen molar-refractivity contribution in [2.45, 2.75) is 110 Å². The zero-order chi connectivity index (χ0) is 25.7. The largest absolute Gasteiger partial charge is 0.494 e. The monoisotopic (exact) mass is 554 g/mol. The summed E-state index contributed by atoms with van der Waals surface area (Å²) in [7, 11) is 0. The molecule has 0 unspecified atom stereocenters. The number of halogens is 1. The molecule has 0 fully saturated rings. The van der Waals surface area contributed by atoms with Crippen LogP contribution in [0.1, 0.15) is 126 Å². The van der Waals surface area contributed by atoms with Crippen molar-refractivity contribution < 1.29 is 9.53 Å². The molecule has 198 valence electrons. The summed E-state index contributed by atoms with van der Waals surface area (Å²) in [6, 6.07) is 15.4. The molecule has 0 aromatic heterocycles. The molecule has 2 rings (SSSR count). The van der Waals surface area contributed by atoms with Gasteiger partial charge >= 0.3 is 0 Å². The highest BCUT2D eigenvalue weighted by atomic mass is 79.9. The lowest BCUT2D eigenvalue weighted by atomic mass is 10.0. The molecule has 2 aromatic carbocycles. The van der Waals surface area contributed by atoms with Gasteiger partial charge in [-0.05, 0) is 54.5 Å². The Hall–Kier alpha value is -1.87. The highest BCUT2D eigenvalue weighted by molar-refractivity contribution is 9.10. The average molecular weight is 556 g/mol. The second-order valence-corrected chi connectivity index (χ2v) is 10.8. The van der Waals surface area contributed by atoms with Crippen molar-refractivity contribution in [2.24, 2.45) is 0 Å². The van der Waals surface area contributed by atoms with Crippen LogP contribution in [0.15, 0.2) is 59.1 Å². The smallest absolute Gasteiger partial charge is 0.185 e. The topological polar surface area (TPSA) is 26.3 Å². The number of ketones is 1. The first kappa shape index (κ1) is 30.4. The normalized spacial score (nSPS) is 11.3. The molecule has 0 aliphatic heterocycles. The van der Waals surface area contributed by atoms with E-state index in [-0.39, 0.29) is 5.78 Å². The number of benzene rings is 2. The molecule has 0 aliphatic carbocycles. The molecule has 0 saturated heterocycles. The van der Waals surface area contributed by atoms with Crippen LogP contribution in [0.2, 0.25) is 0 Å². The van der Waals surface area contributed by atoms with E-state index in [2.05, 4.69) is 22.9 Å². The molecule has 0 aliphatic rings. The van der Waals surface area contributed by atoms with Gasteiger partial charge in [-0.2, -0.15) is 0 Å². The summed E-state index contributed by atoms with van der Waals surface area (Å²) in [4.78, 5) is 12.4. The number of carbonyl (C=O) groups excluding carboxylic acids is 1. The van der Waals surface area contributed by atoms with E-state index < -0.39 is 0 Å². The van der Waals surface area contributed by atoms with E-state index in [1.807, 2.05) is 54.6 Å². The number of rotatable bonds is 21. The minimum absolute atomic E-state index is 0.000620.